The highest BCUT2D eigenvalue weighted by Crippen LogP contribution is 2.37. The van der Waals surface area contributed by atoms with Gasteiger partial charge in [-0.25, -0.2) is 4.39 Å². The first kappa shape index (κ1) is 16.2. The van der Waals surface area contributed by atoms with Gasteiger partial charge in [0.1, 0.15) is 5.82 Å². The van der Waals surface area contributed by atoms with Crippen molar-refractivity contribution in [2.45, 2.75) is 39.2 Å². The molecule has 1 aromatic carbocycles. The molecule has 1 saturated heterocycles. The molecule has 0 radical (unpaired) electrons. The van der Waals surface area contributed by atoms with Crippen LogP contribution in [0.25, 0.3) is 0 Å². The van der Waals surface area contributed by atoms with Gasteiger partial charge in [0.25, 0.3) is 0 Å². The van der Waals surface area contributed by atoms with E-state index in [1.807, 2.05) is 6.92 Å². The Bertz CT molecular complexity index is 513. The van der Waals surface area contributed by atoms with Crippen molar-refractivity contribution in [3.63, 3.8) is 0 Å². The van der Waals surface area contributed by atoms with E-state index < -0.39 is 11.4 Å². The number of rotatable bonds is 5. The van der Waals surface area contributed by atoms with Crippen LogP contribution in [0.5, 0.6) is 0 Å². The summed E-state index contributed by atoms with van der Waals surface area (Å²) in [5, 5.41) is 9.62. The third kappa shape index (κ3) is 3.55. The molecule has 0 aromatic heterocycles. The Kier molecular flexibility index (Phi) is 5.22. The third-order valence-electron chi connectivity index (χ3n) is 4.42. The number of nitrogens with zero attached hydrogens (tertiary/aromatic N) is 1. The second-order valence-electron chi connectivity index (χ2n) is 5.82. The number of benzene rings is 1. The molecule has 116 valence electrons. The van der Waals surface area contributed by atoms with E-state index in [9.17, 15) is 14.3 Å². The van der Waals surface area contributed by atoms with E-state index in [2.05, 4.69) is 4.90 Å². The van der Waals surface area contributed by atoms with Crippen molar-refractivity contribution in [1.82, 2.24) is 4.90 Å². The van der Waals surface area contributed by atoms with Crippen LogP contribution in [0.15, 0.2) is 18.2 Å². The third-order valence-corrected chi connectivity index (χ3v) is 4.71. The SMILES string of the molecule is CCCC1(C(=O)O)CCN(Cc2cccc(Cl)c2F)CC1. The molecule has 1 N–H and O–H groups in total. The smallest absolute Gasteiger partial charge is 0.309 e. The van der Waals surface area contributed by atoms with Crippen LogP contribution in [0.2, 0.25) is 5.02 Å². The highest BCUT2D eigenvalue weighted by Gasteiger charge is 2.40. The van der Waals surface area contributed by atoms with E-state index >= 15 is 0 Å². The lowest BCUT2D eigenvalue weighted by Gasteiger charge is -2.38. The zero-order valence-electron chi connectivity index (χ0n) is 12.2. The second kappa shape index (κ2) is 6.75. The number of aliphatic carboxylic acids is 1. The van der Waals surface area contributed by atoms with Gasteiger partial charge in [-0.1, -0.05) is 37.1 Å². The zero-order valence-corrected chi connectivity index (χ0v) is 13.0. The molecular formula is C16H21ClFNO2. The van der Waals surface area contributed by atoms with Crippen molar-refractivity contribution in [1.29, 1.82) is 0 Å². The summed E-state index contributed by atoms with van der Waals surface area (Å²) in [5.41, 5.74) is -0.0289. The second-order valence-corrected chi connectivity index (χ2v) is 6.23. The molecule has 0 saturated carbocycles. The lowest BCUT2D eigenvalue weighted by atomic mass is 9.75. The van der Waals surface area contributed by atoms with Gasteiger partial charge >= 0.3 is 5.97 Å². The van der Waals surface area contributed by atoms with Crippen LogP contribution >= 0.6 is 11.6 Å². The molecule has 1 heterocycles. The Hall–Kier alpha value is -1.13. The first-order chi connectivity index (χ1) is 9.98. The first-order valence-corrected chi connectivity index (χ1v) is 7.75. The van der Waals surface area contributed by atoms with Gasteiger partial charge < -0.3 is 5.11 Å². The Morgan fingerprint density at radius 3 is 2.67 bits per heavy atom. The summed E-state index contributed by atoms with van der Waals surface area (Å²) in [4.78, 5) is 13.6. The van der Waals surface area contributed by atoms with Gasteiger partial charge in [0, 0.05) is 12.1 Å². The van der Waals surface area contributed by atoms with Crippen molar-refractivity contribution in [2.75, 3.05) is 13.1 Å². The molecule has 2 rings (SSSR count). The molecule has 1 aromatic rings. The van der Waals surface area contributed by atoms with E-state index in [4.69, 9.17) is 11.6 Å². The minimum absolute atomic E-state index is 0.135. The number of hydrogen-bond donors (Lipinski definition) is 1. The van der Waals surface area contributed by atoms with E-state index in [0.29, 0.717) is 44.5 Å². The molecule has 0 amide bonds. The Morgan fingerprint density at radius 1 is 1.43 bits per heavy atom. The van der Waals surface area contributed by atoms with Crippen LogP contribution in [0.1, 0.15) is 38.2 Å². The largest absolute Gasteiger partial charge is 0.481 e. The van der Waals surface area contributed by atoms with Crippen molar-refractivity contribution in [3.05, 3.63) is 34.6 Å². The highest BCUT2D eigenvalue weighted by molar-refractivity contribution is 6.30. The van der Waals surface area contributed by atoms with Crippen molar-refractivity contribution < 1.29 is 14.3 Å². The fourth-order valence-corrected chi connectivity index (χ4v) is 3.29. The van der Waals surface area contributed by atoms with E-state index in [1.54, 1.807) is 12.1 Å². The van der Waals surface area contributed by atoms with E-state index in [-0.39, 0.29) is 10.8 Å². The summed E-state index contributed by atoms with van der Waals surface area (Å²) in [6, 6.07) is 5.00. The predicted octanol–water partition coefficient (Wildman–Crippen LogP) is 3.95. The van der Waals surface area contributed by atoms with Crippen LogP contribution < -0.4 is 0 Å². The number of carboxylic acids is 1. The molecule has 1 aliphatic heterocycles. The van der Waals surface area contributed by atoms with Gasteiger partial charge in [-0.05, 0) is 38.4 Å². The number of halogens is 2. The van der Waals surface area contributed by atoms with Crippen LogP contribution in [0.3, 0.4) is 0 Å². The fraction of sp³-hybridized carbons (Fsp3) is 0.562. The summed E-state index contributed by atoms with van der Waals surface area (Å²) in [6.45, 7) is 3.85. The number of piperidine rings is 1. The molecular weight excluding hydrogens is 293 g/mol. The topological polar surface area (TPSA) is 40.5 Å². The van der Waals surface area contributed by atoms with Crippen LogP contribution in [0.4, 0.5) is 4.39 Å². The standard InChI is InChI=1S/C16H21ClFNO2/c1-2-6-16(15(20)21)7-9-19(10-8-16)11-12-4-3-5-13(17)14(12)18/h3-5H,2,6-11H2,1H3,(H,20,21). The molecule has 0 unspecified atom stereocenters. The maximum Gasteiger partial charge on any atom is 0.309 e. The molecule has 5 heteroatoms. The number of likely N-dealkylation sites (tertiary alicyclic amines) is 1. The molecule has 0 atom stereocenters. The van der Waals surface area contributed by atoms with E-state index in [0.717, 1.165) is 6.42 Å². The molecule has 0 aliphatic carbocycles. The van der Waals surface area contributed by atoms with Crippen LogP contribution in [0, 0.1) is 11.2 Å². The van der Waals surface area contributed by atoms with Crippen molar-refractivity contribution in [3.8, 4) is 0 Å². The summed E-state index contributed by atoms with van der Waals surface area (Å²) < 4.78 is 13.9. The average Bonchev–Trinajstić information content (AvgIpc) is 2.46. The number of carboxylic acid groups (broad SMARTS) is 1. The van der Waals surface area contributed by atoms with Gasteiger partial charge in [-0.3, -0.25) is 9.69 Å². The van der Waals surface area contributed by atoms with Gasteiger partial charge in [-0.15, -0.1) is 0 Å². The minimum atomic E-state index is -0.696. The number of hydrogen-bond acceptors (Lipinski definition) is 2. The highest BCUT2D eigenvalue weighted by atomic mass is 35.5. The summed E-state index contributed by atoms with van der Waals surface area (Å²) in [6.07, 6.45) is 2.83. The molecule has 21 heavy (non-hydrogen) atoms. The van der Waals surface area contributed by atoms with Gasteiger partial charge in [0.05, 0.1) is 10.4 Å². The molecule has 1 fully saturated rings. The maximum atomic E-state index is 13.9. The molecule has 3 nitrogen and oxygen atoms in total. The van der Waals surface area contributed by atoms with Crippen LogP contribution in [-0.4, -0.2) is 29.1 Å². The normalized spacial score (nSPS) is 18.6. The first-order valence-electron chi connectivity index (χ1n) is 7.37. The lowest BCUT2D eigenvalue weighted by molar-refractivity contribution is -0.152. The average molecular weight is 314 g/mol. The zero-order chi connectivity index (χ0) is 15.5. The van der Waals surface area contributed by atoms with Crippen molar-refractivity contribution >= 4 is 17.6 Å². The Balaban J connectivity index is 2.01. The van der Waals surface area contributed by atoms with Crippen LogP contribution in [-0.2, 0) is 11.3 Å². The molecule has 1 aliphatic rings. The molecule has 0 bridgehead atoms. The number of carbonyl (C=O) groups is 1. The fourth-order valence-electron chi connectivity index (χ4n) is 3.10. The minimum Gasteiger partial charge on any atom is -0.481 e. The maximum absolute atomic E-state index is 13.9. The monoisotopic (exact) mass is 313 g/mol. The summed E-state index contributed by atoms with van der Waals surface area (Å²) in [5.74, 6) is -1.07. The van der Waals surface area contributed by atoms with Gasteiger partial charge in [-0.2, -0.15) is 0 Å². The van der Waals surface area contributed by atoms with E-state index in [1.165, 1.54) is 6.07 Å². The summed E-state index contributed by atoms with van der Waals surface area (Å²) >= 11 is 5.79. The summed E-state index contributed by atoms with van der Waals surface area (Å²) in [7, 11) is 0. The van der Waals surface area contributed by atoms with Gasteiger partial charge in [0.15, 0.2) is 0 Å². The van der Waals surface area contributed by atoms with Gasteiger partial charge in [0.2, 0.25) is 0 Å². The molecule has 0 spiro atoms. The Labute approximate surface area is 129 Å². The predicted molar refractivity (Wildman–Crippen MR) is 80.9 cm³/mol. The Morgan fingerprint density at radius 2 is 2.10 bits per heavy atom. The van der Waals surface area contributed by atoms with Crippen molar-refractivity contribution in [2.24, 2.45) is 5.41 Å². The quantitative estimate of drug-likeness (QED) is 0.895. The lowest BCUT2D eigenvalue weighted by Crippen LogP contribution is -2.44.